The van der Waals surface area contributed by atoms with E-state index in [1.807, 2.05) is 20.8 Å². The maximum Gasteiger partial charge on any atom is 0.330 e. The zero-order chi connectivity index (χ0) is 20.5. The first-order chi connectivity index (χ1) is 12.5. The van der Waals surface area contributed by atoms with Crippen molar-refractivity contribution in [1.82, 2.24) is 18.8 Å². The van der Waals surface area contributed by atoms with Crippen molar-refractivity contribution in [2.24, 2.45) is 25.9 Å². The Bertz CT molecular complexity index is 932. The standard InChI is InChI=1S/C17H28N4O5S/c1-6-12-9-21(8-7-13(12)18-15(22)11(2)3)27(25,26)14-10-19(4)17(24)20(5)16(14)23/h10-13H,6-9H2,1-5H3,(H,18,22)/t12-,13+/m1/s1. The van der Waals surface area contributed by atoms with Gasteiger partial charge in [-0.3, -0.25) is 14.2 Å². The number of nitrogens with zero attached hydrogens (tertiary/aromatic N) is 3. The molecule has 0 bridgehead atoms. The number of hydrogen-bond acceptors (Lipinski definition) is 5. The van der Waals surface area contributed by atoms with E-state index in [4.69, 9.17) is 0 Å². The number of piperidine rings is 1. The number of rotatable bonds is 5. The summed E-state index contributed by atoms with van der Waals surface area (Å²) in [6, 6.07) is -0.0979. The minimum Gasteiger partial charge on any atom is -0.353 e. The van der Waals surface area contributed by atoms with E-state index in [-0.39, 0.29) is 36.9 Å². The molecular weight excluding hydrogens is 372 g/mol. The molecule has 0 radical (unpaired) electrons. The van der Waals surface area contributed by atoms with Crippen LogP contribution < -0.4 is 16.6 Å². The summed E-state index contributed by atoms with van der Waals surface area (Å²) in [5, 5.41) is 3.00. The number of sulfonamides is 1. The first-order valence-electron chi connectivity index (χ1n) is 9.07. The third-order valence-corrected chi connectivity index (χ3v) is 6.95. The van der Waals surface area contributed by atoms with Gasteiger partial charge < -0.3 is 9.88 Å². The largest absolute Gasteiger partial charge is 0.353 e. The van der Waals surface area contributed by atoms with E-state index in [1.165, 1.54) is 18.4 Å². The lowest BCUT2D eigenvalue weighted by atomic mass is 9.90. The summed E-state index contributed by atoms with van der Waals surface area (Å²) >= 11 is 0. The predicted molar refractivity (Wildman–Crippen MR) is 101 cm³/mol. The Morgan fingerprint density at radius 1 is 1.30 bits per heavy atom. The molecule has 9 nitrogen and oxygen atoms in total. The van der Waals surface area contributed by atoms with Gasteiger partial charge in [0.1, 0.15) is 0 Å². The summed E-state index contributed by atoms with van der Waals surface area (Å²) in [7, 11) is -1.38. The molecule has 0 unspecified atom stereocenters. The second-order valence-electron chi connectivity index (χ2n) is 7.34. The van der Waals surface area contributed by atoms with Gasteiger partial charge in [-0.1, -0.05) is 27.2 Å². The van der Waals surface area contributed by atoms with Crippen molar-refractivity contribution in [3.8, 4) is 0 Å². The van der Waals surface area contributed by atoms with Gasteiger partial charge in [0, 0.05) is 45.3 Å². The number of nitrogens with one attached hydrogen (secondary N) is 1. The van der Waals surface area contributed by atoms with Crippen LogP contribution in [0.3, 0.4) is 0 Å². The van der Waals surface area contributed by atoms with E-state index in [9.17, 15) is 22.8 Å². The van der Waals surface area contributed by atoms with Gasteiger partial charge in [0.2, 0.25) is 15.9 Å². The van der Waals surface area contributed by atoms with E-state index >= 15 is 0 Å². The van der Waals surface area contributed by atoms with Crippen molar-refractivity contribution in [1.29, 1.82) is 0 Å². The van der Waals surface area contributed by atoms with Crippen molar-refractivity contribution in [3.63, 3.8) is 0 Å². The maximum atomic E-state index is 13.0. The lowest BCUT2D eigenvalue weighted by Crippen LogP contribution is -2.53. The van der Waals surface area contributed by atoms with Crippen LogP contribution in [-0.2, 0) is 28.9 Å². The monoisotopic (exact) mass is 400 g/mol. The first-order valence-corrected chi connectivity index (χ1v) is 10.5. The lowest BCUT2D eigenvalue weighted by Gasteiger charge is -2.38. The average molecular weight is 401 g/mol. The van der Waals surface area contributed by atoms with Crippen LogP contribution in [0.2, 0.25) is 0 Å². The predicted octanol–water partition coefficient (Wildman–Crippen LogP) is -0.355. The van der Waals surface area contributed by atoms with Crippen LogP contribution in [0.4, 0.5) is 0 Å². The molecule has 1 amide bonds. The number of aromatic nitrogens is 2. The fraction of sp³-hybridized carbons (Fsp3) is 0.706. The quantitative estimate of drug-likeness (QED) is 0.726. The molecule has 2 heterocycles. The zero-order valence-corrected chi connectivity index (χ0v) is 17.2. The van der Waals surface area contributed by atoms with Gasteiger partial charge in [0.25, 0.3) is 5.56 Å². The third kappa shape index (κ3) is 4.16. The summed E-state index contributed by atoms with van der Waals surface area (Å²) in [5.74, 6) is -0.243. The number of hydrogen-bond donors (Lipinski definition) is 1. The molecule has 2 rings (SSSR count). The maximum absolute atomic E-state index is 13.0. The Labute approximate surface area is 159 Å². The summed E-state index contributed by atoms with van der Waals surface area (Å²) < 4.78 is 29.2. The van der Waals surface area contributed by atoms with Crippen LogP contribution in [-0.4, -0.2) is 46.9 Å². The van der Waals surface area contributed by atoms with Crippen molar-refractivity contribution >= 4 is 15.9 Å². The van der Waals surface area contributed by atoms with Crippen LogP contribution in [0.1, 0.15) is 33.6 Å². The van der Waals surface area contributed by atoms with Crippen molar-refractivity contribution in [2.75, 3.05) is 13.1 Å². The molecule has 2 atom stereocenters. The van der Waals surface area contributed by atoms with E-state index in [2.05, 4.69) is 5.32 Å². The van der Waals surface area contributed by atoms with Gasteiger partial charge in [-0.2, -0.15) is 4.31 Å². The molecule has 27 heavy (non-hydrogen) atoms. The number of amides is 1. The van der Waals surface area contributed by atoms with E-state index < -0.39 is 26.2 Å². The van der Waals surface area contributed by atoms with E-state index in [0.717, 1.165) is 15.3 Å². The Hall–Kier alpha value is -1.94. The van der Waals surface area contributed by atoms with Gasteiger partial charge >= 0.3 is 5.69 Å². The van der Waals surface area contributed by atoms with E-state index in [0.29, 0.717) is 12.8 Å². The highest BCUT2D eigenvalue weighted by Crippen LogP contribution is 2.25. The molecule has 1 aromatic rings. The number of carbonyl (C=O) groups excluding carboxylic acids is 1. The molecular formula is C17H28N4O5S. The van der Waals surface area contributed by atoms with Gasteiger partial charge in [-0.25, -0.2) is 13.2 Å². The molecule has 1 fully saturated rings. The van der Waals surface area contributed by atoms with Gasteiger partial charge in [-0.05, 0) is 12.3 Å². The molecule has 1 aliphatic rings. The SMILES string of the molecule is CC[C@@H]1CN(S(=O)(=O)c2cn(C)c(=O)n(C)c2=O)CC[C@@H]1NC(=O)C(C)C. The van der Waals surface area contributed by atoms with Gasteiger partial charge in [-0.15, -0.1) is 0 Å². The highest BCUT2D eigenvalue weighted by molar-refractivity contribution is 7.89. The minimum absolute atomic E-state index is 0.0485. The lowest BCUT2D eigenvalue weighted by molar-refractivity contribution is -0.125. The fourth-order valence-corrected chi connectivity index (χ4v) is 4.92. The van der Waals surface area contributed by atoms with Crippen LogP contribution in [0, 0.1) is 11.8 Å². The summed E-state index contributed by atoms with van der Waals surface area (Å²) in [5.41, 5.74) is -1.41. The topological polar surface area (TPSA) is 110 Å². The molecule has 1 aliphatic heterocycles. The molecule has 1 aromatic heterocycles. The van der Waals surface area contributed by atoms with Gasteiger partial charge in [0.15, 0.2) is 4.90 Å². The third-order valence-electron chi connectivity index (χ3n) is 5.11. The molecule has 0 saturated carbocycles. The van der Waals surface area contributed by atoms with Crippen LogP contribution in [0.15, 0.2) is 20.7 Å². The first kappa shape index (κ1) is 21.4. The van der Waals surface area contributed by atoms with Crippen LogP contribution in [0.5, 0.6) is 0 Å². The normalized spacial score (nSPS) is 21.4. The summed E-state index contributed by atoms with van der Waals surface area (Å²) in [6.45, 7) is 5.99. The van der Waals surface area contributed by atoms with Crippen molar-refractivity contribution < 1.29 is 13.2 Å². The molecule has 1 saturated heterocycles. The fourth-order valence-electron chi connectivity index (χ4n) is 3.26. The van der Waals surface area contributed by atoms with Crippen molar-refractivity contribution in [3.05, 3.63) is 27.0 Å². The Morgan fingerprint density at radius 2 is 1.93 bits per heavy atom. The van der Waals surface area contributed by atoms with Gasteiger partial charge in [0.05, 0.1) is 0 Å². The van der Waals surface area contributed by atoms with Crippen molar-refractivity contribution in [2.45, 2.75) is 44.6 Å². The molecule has 0 aromatic carbocycles. The highest BCUT2D eigenvalue weighted by atomic mass is 32.2. The Kier molecular flexibility index (Phi) is 6.31. The second kappa shape index (κ2) is 7.97. The zero-order valence-electron chi connectivity index (χ0n) is 16.4. The smallest absolute Gasteiger partial charge is 0.330 e. The van der Waals surface area contributed by atoms with Crippen LogP contribution in [0.25, 0.3) is 0 Å². The molecule has 1 N–H and O–H groups in total. The number of carbonyl (C=O) groups is 1. The molecule has 0 aliphatic carbocycles. The summed E-state index contributed by atoms with van der Waals surface area (Å²) in [6.07, 6.45) is 2.25. The minimum atomic E-state index is -4.04. The Balaban J connectivity index is 2.31. The van der Waals surface area contributed by atoms with E-state index in [1.54, 1.807) is 0 Å². The van der Waals surface area contributed by atoms with Crippen LogP contribution >= 0.6 is 0 Å². The molecule has 152 valence electrons. The average Bonchev–Trinajstić information content (AvgIpc) is 2.62. The summed E-state index contributed by atoms with van der Waals surface area (Å²) in [4.78, 5) is 35.8. The molecule has 0 spiro atoms. The number of aryl methyl sites for hydroxylation is 1. The molecule has 10 heteroatoms. The Morgan fingerprint density at radius 3 is 2.48 bits per heavy atom. The second-order valence-corrected chi connectivity index (χ2v) is 9.25. The highest BCUT2D eigenvalue weighted by Gasteiger charge is 2.37.